The highest BCUT2D eigenvalue weighted by Crippen LogP contribution is 2.38. The first kappa shape index (κ1) is 26.0. The SMILES string of the molecule is BC(NC(=O)C(F)(F)c1ccc(Cl)cc1)c1ccc2c(c1)CN(C1C(=O)N(B)C(=O)C(B)C1B)C2=O. The average molecular weight is 509 g/mol. The smallest absolute Gasteiger partial charge is 0.349 e. The van der Waals surface area contributed by atoms with Crippen LogP contribution >= 0.6 is 11.6 Å². The number of rotatable bonds is 5. The van der Waals surface area contributed by atoms with Crippen molar-refractivity contribution in [2.75, 3.05) is 0 Å². The molecule has 182 valence electrons. The minimum absolute atomic E-state index is 0.138. The van der Waals surface area contributed by atoms with E-state index in [0.29, 0.717) is 16.7 Å². The number of nitrogens with one attached hydrogen (secondary N) is 1. The summed E-state index contributed by atoms with van der Waals surface area (Å²) in [5.41, 5.74) is 1.08. The summed E-state index contributed by atoms with van der Waals surface area (Å²) in [5.74, 6) is -7.84. The number of hydrogen-bond donors (Lipinski definition) is 1. The Balaban J connectivity index is 1.52. The second kappa shape index (κ2) is 9.42. The fourth-order valence-corrected chi connectivity index (χ4v) is 4.90. The van der Waals surface area contributed by atoms with E-state index >= 15 is 0 Å². The highest BCUT2D eigenvalue weighted by molar-refractivity contribution is 6.40. The fourth-order valence-electron chi connectivity index (χ4n) is 4.77. The van der Waals surface area contributed by atoms with E-state index in [1.165, 1.54) is 25.0 Å². The van der Waals surface area contributed by atoms with Crippen LogP contribution in [0.4, 0.5) is 8.78 Å². The molecule has 0 saturated carbocycles. The second-order valence-electron chi connectivity index (χ2n) is 9.45. The zero-order chi connectivity index (χ0) is 26.5. The summed E-state index contributed by atoms with van der Waals surface area (Å²) < 4.78 is 29.4. The van der Waals surface area contributed by atoms with E-state index < -0.39 is 41.1 Å². The van der Waals surface area contributed by atoms with Crippen LogP contribution in [0.2, 0.25) is 16.7 Å². The van der Waals surface area contributed by atoms with Gasteiger partial charge in [-0.1, -0.05) is 35.9 Å². The van der Waals surface area contributed by atoms with E-state index in [9.17, 15) is 28.0 Å². The number of hydrogen-bond acceptors (Lipinski definition) is 4. The average Bonchev–Trinajstić information content (AvgIpc) is 3.17. The van der Waals surface area contributed by atoms with E-state index in [2.05, 4.69) is 5.32 Å². The zero-order valence-electron chi connectivity index (χ0n) is 20.2. The van der Waals surface area contributed by atoms with Crippen molar-refractivity contribution in [3.63, 3.8) is 0 Å². The summed E-state index contributed by atoms with van der Waals surface area (Å²) in [6, 6.07) is 8.83. The van der Waals surface area contributed by atoms with Crippen LogP contribution in [0.5, 0.6) is 0 Å². The second-order valence-corrected chi connectivity index (χ2v) is 9.89. The minimum Gasteiger partial charge on any atom is -0.352 e. The van der Waals surface area contributed by atoms with Crippen LogP contribution in [-0.2, 0) is 26.9 Å². The van der Waals surface area contributed by atoms with Crippen molar-refractivity contribution in [3.8, 4) is 0 Å². The lowest BCUT2D eigenvalue weighted by Gasteiger charge is -2.42. The molecule has 0 bridgehead atoms. The molecule has 2 aromatic rings. The summed E-state index contributed by atoms with van der Waals surface area (Å²) in [6.45, 7) is 0.138. The number of carbonyl (C=O) groups excluding carboxylic acids is 4. The first-order valence-electron chi connectivity index (χ1n) is 11.5. The topological polar surface area (TPSA) is 86.8 Å². The third kappa shape index (κ3) is 4.34. The number of piperidine rings is 1. The van der Waals surface area contributed by atoms with Crippen molar-refractivity contribution in [2.24, 2.45) is 0 Å². The molecule has 4 atom stereocenters. The molecule has 2 aliphatic rings. The van der Waals surface area contributed by atoms with Gasteiger partial charge in [0.2, 0.25) is 19.8 Å². The predicted molar refractivity (Wildman–Crippen MR) is 140 cm³/mol. The monoisotopic (exact) mass is 509 g/mol. The van der Waals surface area contributed by atoms with Crippen LogP contribution < -0.4 is 5.32 Å². The maximum atomic E-state index is 14.7. The quantitative estimate of drug-likeness (QED) is 0.413. The molecule has 2 aromatic carbocycles. The van der Waals surface area contributed by atoms with Crippen LogP contribution in [-0.4, -0.2) is 70.9 Å². The van der Waals surface area contributed by atoms with E-state index in [4.69, 9.17) is 11.6 Å². The van der Waals surface area contributed by atoms with Crippen LogP contribution in [0.25, 0.3) is 0 Å². The summed E-state index contributed by atoms with van der Waals surface area (Å²) >= 11 is 5.75. The molecule has 0 radical (unpaired) electrons. The summed E-state index contributed by atoms with van der Waals surface area (Å²) in [6.07, 6.45) is 0. The minimum atomic E-state index is -3.76. The number of nitrogens with zero attached hydrogens (tertiary/aromatic N) is 2. The maximum Gasteiger partial charge on any atom is 0.349 e. The Kier molecular flexibility index (Phi) is 6.81. The standard InChI is InChI=1S/C22H22B4ClF2N3O4/c23-14-15(24)19(34)32(26)20(35)16(14)31-8-10-7-9(1-6-13(10)18(31)33)17(25)30-21(36)22(28,29)11-2-4-12(27)5-3-11/h1-7,14-17H,8,23-26H2,(H,30,36). The van der Waals surface area contributed by atoms with Gasteiger partial charge in [0.15, 0.2) is 0 Å². The number of amides is 4. The van der Waals surface area contributed by atoms with Crippen LogP contribution in [0.15, 0.2) is 42.5 Å². The van der Waals surface area contributed by atoms with Gasteiger partial charge in [-0.05, 0) is 35.1 Å². The van der Waals surface area contributed by atoms with Gasteiger partial charge in [0, 0.05) is 34.5 Å². The van der Waals surface area contributed by atoms with Crippen LogP contribution in [0, 0.1) is 0 Å². The molecular formula is C22H22B4ClF2N3O4. The van der Waals surface area contributed by atoms with Crippen molar-refractivity contribution in [1.29, 1.82) is 0 Å². The van der Waals surface area contributed by atoms with Crippen molar-refractivity contribution in [1.82, 2.24) is 15.0 Å². The Morgan fingerprint density at radius 1 is 1.08 bits per heavy atom. The molecule has 1 saturated heterocycles. The van der Waals surface area contributed by atoms with Crippen molar-refractivity contribution in [3.05, 3.63) is 69.7 Å². The van der Waals surface area contributed by atoms with Gasteiger partial charge >= 0.3 is 5.92 Å². The van der Waals surface area contributed by atoms with E-state index in [1.807, 2.05) is 0 Å². The molecule has 0 spiro atoms. The van der Waals surface area contributed by atoms with E-state index in [1.54, 1.807) is 41.7 Å². The highest BCUT2D eigenvalue weighted by Gasteiger charge is 2.48. The Morgan fingerprint density at radius 3 is 2.36 bits per heavy atom. The number of alkyl halides is 2. The Morgan fingerprint density at radius 2 is 1.72 bits per heavy atom. The van der Waals surface area contributed by atoms with Gasteiger partial charge in [-0.25, -0.2) is 0 Å². The highest BCUT2D eigenvalue weighted by atomic mass is 35.5. The number of benzene rings is 2. The Hall–Kier alpha value is -3.07. The Bertz CT molecular complexity index is 1270. The normalized spacial score (nSPS) is 23.0. The van der Waals surface area contributed by atoms with Crippen molar-refractivity contribution in [2.45, 2.75) is 36.1 Å². The number of halogens is 3. The summed E-state index contributed by atoms with van der Waals surface area (Å²) in [5, 5.41) is 2.62. The third-order valence-electron chi connectivity index (χ3n) is 7.23. The number of fused-ring (bicyclic) bond motifs is 1. The predicted octanol–water partition coefficient (Wildman–Crippen LogP) is -1.04. The van der Waals surface area contributed by atoms with Crippen LogP contribution in [0.3, 0.4) is 0 Å². The van der Waals surface area contributed by atoms with Gasteiger partial charge in [-0.2, -0.15) is 8.78 Å². The van der Waals surface area contributed by atoms with Gasteiger partial charge in [-0.3, -0.25) is 19.2 Å². The van der Waals surface area contributed by atoms with Gasteiger partial charge in [-0.15, -0.1) is 0 Å². The first-order chi connectivity index (χ1) is 16.8. The van der Waals surface area contributed by atoms with Crippen LogP contribution in [0.1, 0.15) is 33.0 Å². The molecule has 4 amide bonds. The number of carbonyl (C=O) groups is 4. The Labute approximate surface area is 215 Å². The lowest BCUT2D eigenvalue weighted by atomic mass is 9.59. The van der Waals surface area contributed by atoms with Gasteiger partial charge in [0.05, 0.1) is 0 Å². The molecule has 1 fully saturated rings. The largest absolute Gasteiger partial charge is 0.352 e. The third-order valence-corrected chi connectivity index (χ3v) is 7.48. The fraction of sp³-hybridized carbons (Fsp3) is 0.273. The lowest BCUT2D eigenvalue weighted by Crippen LogP contribution is -2.58. The van der Waals surface area contributed by atoms with Crippen molar-refractivity contribution >= 4 is 66.7 Å². The molecule has 1 N–H and O–H groups in total. The van der Waals surface area contributed by atoms with Gasteiger partial charge in [0.25, 0.3) is 11.8 Å². The maximum absolute atomic E-state index is 14.7. The zero-order valence-corrected chi connectivity index (χ0v) is 21.0. The molecular weight excluding hydrogens is 487 g/mol. The molecule has 4 unspecified atom stereocenters. The first-order valence-corrected chi connectivity index (χ1v) is 11.9. The molecule has 4 rings (SSSR count). The van der Waals surface area contributed by atoms with E-state index in [0.717, 1.165) is 16.9 Å². The molecule has 7 nitrogen and oxygen atoms in total. The summed E-state index contributed by atoms with van der Waals surface area (Å²) in [4.78, 5) is 53.3. The lowest BCUT2D eigenvalue weighted by molar-refractivity contribution is -0.147. The molecule has 0 aromatic heterocycles. The molecule has 2 heterocycles. The van der Waals surface area contributed by atoms with Gasteiger partial charge in [0.1, 0.15) is 29.6 Å². The van der Waals surface area contributed by atoms with Crippen molar-refractivity contribution < 1.29 is 28.0 Å². The molecule has 36 heavy (non-hydrogen) atoms. The molecule has 14 heteroatoms. The number of imide groups is 1. The van der Waals surface area contributed by atoms with E-state index in [-0.39, 0.29) is 29.2 Å². The molecule has 2 aliphatic heterocycles. The molecule has 0 aliphatic carbocycles. The summed E-state index contributed by atoms with van der Waals surface area (Å²) in [7, 11) is 6.49. The van der Waals surface area contributed by atoms with Gasteiger partial charge < -0.3 is 15.0 Å².